The van der Waals surface area contributed by atoms with Crippen LogP contribution in [0.1, 0.15) is 29.0 Å². The third kappa shape index (κ3) is 2.71. The van der Waals surface area contributed by atoms with Gasteiger partial charge in [0.1, 0.15) is 0 Å². The number of thiophene rings is 1. The summed E-state index contributed by atoms with van der Waals surface area (Å²) >= 11 is 14.8. The molecule has 1 heterocycles. The first kappa shape index (κ1) is 10.5. The number of rotatable bonds is 3. The summed E-state index contributed by atoms with van der Waals surface area (Å²) < 4.78 is 1.05. The van der Waals surface area contributed by atoms with Gasteiger partial charge in [-0.2, -0.15) is 0 Å². The van der Waals surface area contributed by atoms with Crippen molar-refractivity contribution in [3.05, 3.63) is 19.8 Å². The van der Waals surface area contributed by atoms with Crippen LogP contribution >= 0.6 is 54.8 Å². The highest BCUT2D eigenvalue weighted by Crippen LogP contribution is 2.45. The molecule has 0 bridgehead atoms. The van der Waals surface area contributed by atoms with E-state index >= 15 is 0 Å². The minimum atomic E-state index is 0.494. The fourth-order valence-electron chi connectivity index (χ4n) is 1.28. The number of hydrogen-bond acceptors (Lipinski definition) is 1. The molecule has 1 aliphatic rings. The maximum absolute atomic E-state index is 5.97. The fourth-order valence-corrected chi connectivity index (χ4v) is 3.96. The predicted octanol–water partition coefficient (Wildman–Crippen LogP) is 5.40. The van der Waals surface area contributed by atoms with Crippen molar-refractivity contribution < 1.29 is 0 Å². The van der Waals surface area contributed by atoms with Crippen LogP contribution in [0.5, 0.6) is 0 Å². The molecule has 0 N–H and O–H groups in total. The van der Waals surface area contributed by atoms with Gasteiger partial charge in [-0.1, -0.05) is 40.4 Å². The van der Waals surface area contributed by atoms with Crippen molar-refractivity contribution in [3.8, 4) is 0 Å². The van der Waals surface area contributed by atoms with Gasteiger partial charge in [0, 0.05) is 9.70 Å². The van der Waals surface area contributed by atoms with Crippen LogP contribution in [0.3, 0.4) is 0 Å². The van der Waals surface area contributed by atoms with Crippen LogP contribution in [-0.2, 0) is 0 Å². The van der Waals surface area contributed by atoms with Gasteiger partial charge in [-0.3, -0.25) is 0 Å². The van der Waals surface area contributed by atoms with Crippen LogP contribution in [-0.4, -0.2) is 0 Å². The first-order chi connectivity index (χ1) is 6.16. The van der Waals surface area contributed by atoms with E-state index in [1.54, 1.807) is 11.3 Å². The van der Waals surface area contributed by atoms with E-state index in [1.807, 2.05) is 0 Å². The summed E-state index contributed by atoms with van der Waals surface area (Å²) in [6.45, 7) is 0. The van der Waals surface area contributed by atoms with E-state index in [0.29, 0.717) is 4.83 Å². The molecule has 1 aromatic heterocycles. The molecule has 0 aliphatic heterocycles. The molecule has 0 nitrogen and oxygen atoms in total. The molecule has 2 rings (SSSR count). The van der Waals surface area contributed by atoms with Crippen LogP contribution in [0, 0.1) is 5.92 Å². The Kier molecular flexibility index (Phi) is 3.39. The zero-order valence-electron chi connectivity index (χ0n) is 6.90. The van der Waals surface area contributed by atoms with Gasteiger partial charge in [0.2, 0.25) is 0 Å². The predicted molar refractivity (Wildman–Crippen MR) is 66.0 cm³/mol. The van der Waals surface area contributed by atoms with Gasteiger partial charge in [0.25, 0.3) is 0 Å². The molecule has 13 heavy (non-hydrogen) atoms. The normalized spacial score (nSPS) is 19.0. The summed E-state index contributed by atoms with van der Waals surface area (Å²) in [5, 5.41) is 0.834. The highest BCUT2D eigenvalue weighted by molar-refractivity contribution is 9.11. The molecule has 0 aromatic carbocycles. The fraction of sp³-hybridized carbons (Fsp3) is 0.556. The van der Waals surface area contributed by atoms with E-state index in [-0.39, 0.29) is 0 Å². The Bertz CT molecular complexity index is 287. The molecule has 4 heteroatoms. The molecule has 1 unspecified atom stereocenters. The second-order valence-electron chi connectivity index (χ2n) is 3.42. The molecule has 1 fully saturated rings. The SMILES string of the molecule is Clc1cc(C(Br)CC2CC2)sc1Br. The number of halogens is 3. The van der Waals surface area contributed by atoms with Crippen molar-refractivity contribution in [1.29, 1.82) is 0 Å². The van der Waals surface area contributed by atoms with Gasteiger partial charge in [0.05, 0.1) is 8.81 Å². The Hall–Kier alpha value is 0.950. The smallest absolute Gasteiger partial charge is 0.0887 e. The quantitative estimate of drug-likeness (QED) is 0.644. The summed E-state index contributed by atoms with van der Waals surface area (Å²) in [5.41, 5.74) is 0. The standard InChI is InChI=1S/C9H9Br2ClS/c10-6(3-5-1-2-5)8-4-7(12)9(11)13-8/h4-6H,1-3H2. The molecule has 0 saturated heterocycles. The second kappa shape index (κ2) is 4.21. The summed E-state index contributed by atoms with van der Waals surface area (Å²) in [6.07, 6.45) is 4.06. The molecule has 0 radical (unpaired) electrons. The Morgan fingerprint density at radius 2 is 2.31 bits per heavy atom. The van der Waals surface area contributed by atoms with Crippen LogP contribution in [0.4, 0.5) is 0 Å². The van der Waals surface area contributed by atoms with E-state index in [9.17, 15) is 0 Å². The maximum atomic E-state index is 5.97. The van der Waals surface area contributed by atoms with Crippen LogP contribution in [0.15, 0.2) is 9.85 Å². The molecule has 1 saturated carbocycles. The Morgan fingerprint density at radius 1 is 1.62 bits per heavy atom. The van der Waals surface area contributed by atoms with Crippen molar-refractivity contribution in [2.45, 2.75) is 24.1 Å². The molecular weight excluding hydrogens is 335 g/mol. The molecule has 72 valence electrons. The lowest BCUT2D eigenvalue weighted by atomic mass is 10.2. The highest BCUT2D eigenvalue weighted by Gasteiger charge is 2.26. The van der Waals surface area contributed by atoms with Crippen molar-refractivity contribution in [2.75, 3.05) is 0 Å². The van der Waals surface area contributed by atoms with Crippen LogP contribution < -0.4 is 0 Å². The van der Waals surface area contributed by atoms with Gasteiger partial charge in [0.15, 0.2) is 0 Å². The van der Waals surface area contributed by atoms with Crippen molar-refractivity contribution in [1.82, 2.24) is 0 Å². The molecule has 0 spiro atoms. The van der Waals surface area contributed by atoms with Crippen molar-refractivity contribution in [3.63, 3.8) is 0 Å². The van der Waals surface area contributed by atoms with Gasteiger partial charge in [-0.15, -0.1) is 11.3 Å². The molecule has 1 aliphatic carbocycles. The van der Waals surface area contributed by atoms with Gasteiger partial charge >= 0.3 is 0 Å². The highest BCUT2D eigenvalue weighted by atomic mass is 79.9. The second-order valence-corrected chi connectivity index (χ2v) is 7.33. The van der Waals surface area contributed by atoms with E-state index in [4.69, 9.17) is 11.6 Å². The van der Waals surface area contributed by atoms with Gasteiger partial charge in [-0.05, 0) is 34.3 Å². The van der Waals surface area contributed by atoms with Gasteiger partial charge < -0.3 is 0 Å². The largest absolute Gasteiger partial charge is 0.130 e. The third-order valence-corrected chi connectivity index (χ3v) is 5.97. The maximum Gasteiger partial charge on any atom is 0.0887 e. The molecule has 0 amide bonds. The van der Waals surface area contributed by atoms with E-state index in [2.05, 4.69) is 37.9 Å². The Labute approximate surface area is 104 Å². The summed E-state index contributed by atoms with van der Waals surface area (Å²) in [5.74, 6) is 0.948. The topological polar surface area (TPSA) is 0 Å². The summed E-state index contributed by atoms with van der Waals surface area (Å²) in [6, 6.07) is 2.05. The number of alkyl halides is 1. The van der Waals surface area contributed by atoms with Crippen molar-refractivity contribution in [2.24, 2.45) is 5.92 Å². The first-order valence-corrected chi connectivity index (χ1v) is 7.16. The minimum Gasteiger partial charge on any atom is -0.130 e. The average Bonchev–Trinajstić information content (AvgIpc) is 2.81. The monoisotopic (exact) mass is 342 g/mol. The molecule has 1 aromatic rings. The first-order valence-electron chi connectivity index (χ1n) is 4.25. The summed E-state index contributed by atoms with van der Waals surface area (Å²) in [4.78, 5) is 1.83. The van der Waals surface area contributed by atoms with E-state index in [0.717, 1.165) is 14.7 Å². The summed E-state index contributed by atoms with van der Waals surface area (Å²) in [7, 11) is 0. The third-order valence-electron chi connectivity index (χ3n) is 2.21. The zero-order valence-corrected chi connectivity index (χ0v) is 11.6. The zero-order chi connectivity index (χ0) is 9.42. The Balaban J connectivity index is 2.05. The number of hydrogen-bond donors (Lipinski definition) is 0. The lowest BCUT2D eigenvalue weighted by Crippen LogP contribution is -1.86. The van der Waals surface area contributed by atoms with E-state index in [1.165, 1.54) is 24.1 Å². The van der Waals surface area contributed by atoms with Crippen LogP contribution in [0.25, 0.3) is 0 Å². The van der Waals surface area contributed by atoms with Crippen molar-refractivity contribution >= 4 is 54.8 Å². The lowest BCUT2D eigenvalue weighted by molar-refractivity contribution is 0.728. The minimum absolute atomic E-state index is 0.494. The van der Waals surface area contributed by atoms with Gasteiger partial charge in [-0.25, -0.2) is 0 Å². The average molecular weight is 344 g/mol. The Morgan fingerprint density at radius 3 is 2.77 bits per heavy atom. The molecule has 1 atom stereocenters. The molecular formula is C9H9Br2ClS. The van der Waals surface area contributed by atoms with Crippen LogP contribution in [0.2, 0.25) is 5.02 Å². The van der Waals surface area contributed by atoms with E-state index < -0.39 is 0 Å². The lowest BCUT2D eigenvalue weighted by Gasteiger charge is -2.04.